The van der Waals surface area contributed by atoms with Crippen LogP contribution in [0.4, 0.5) is 11.4 Å². The molecular weight excluding hydrogens is 358 g/mol. The largest absolute Gasteiger partial charge is 0.381 e. The van der Waals surface area contributed by atoms with E-state index in [0.29, 0.717) is 0 Å². The minimum Gasteiger partial charge on any atom is -0.381 e. The molecule has 0 bridgehead atoms. The lowest BCUT2D eigenvalue weighted by atomic mass is 10.1. The molecule has 148 valence electrons. The molecule has 0 atom stereocenters. The number of rotatable bonds is 6. The normalized spacial score (nSPS) is 11.3. The first-order valence-electron chi connectivity index (χ1n) is 10.2. The third kappa shape index (κ3) is 3.83. The second-order valence-electron chi connectivity index (χ2n) is 7.69. The Morgan fingerprint density at radius 1 is 0.897 bits per heavy atom. The fraction of sp³-hybridized carbons (Fsp3) is 0.240. The molecule has 3 aromatic carbocycles. The summed E-state index contributed by atoms with van der Waals surface area (Å²) in [7, 11) is 0. The van der Waals surface area contributed by atoms with E-state index >= 15 is 0 Å². The van der Waals surface area contributed by atoms with Gasteiger partial charge in [0.05, 0.1) is 0 Å². The van der Waals surface area contributed by atoms with Crippen molar-refractivity contribution in [3.05, 3.63) is 72.3 Å². The zero-order valence-electron chi connectivity index (χ0n) is 17.2. The van der Waals surface area contributed by atoms with E-state index in [1.807, 2.05) is 38.1 Å². The second-order valence-corrected chi connectivity index (χ2v) is 7.69. The van der Waals surface area contributed by atoms with Gasteiger partial charge in [-0.2, -0.15) is 0 Å². The number of carbonyl (C=O) groups excluding carboxylic acids is 1. The first-order chi connectivity index (χ1) is 14.1. The van der Waals surface area contributed by atoms with Crippen molar-refractivity contribution in [2.45, 2.75) is 33.9 Å². The number of fused-ring (bicyclic) bond motifs is 3. The van der Waals surface area contributed by atoms with E-state index in [2.05, 4.69) is 64.6 Å². The van der Waals surface area contributed by atoms with Crippen LogP contribution in [0.3, 0.4) is 0 Å². The highest BCUT2D eigenvalue weighted by molar-refractivity contribution is 6.08. The summed E-state index contributed by atoms with van der Waals surface area (Å²) in [5.41, 5.74) is 5.66. The second kappa shape index (κ2) is 8.00. The van der Waals surface area contributed by atoms with Crippen LogP contribution in [0.2, 0.25) is 0 Å². The van der Waals surface area contributed by atoms with Gasteiger partial charge in [0.15, 0.2) is 0 Å². The van der Waals surface area contributed by atoms with Crippen LogP contribution < -0.4 is 10.6 Å². The van der Waals surface area contributed by atoms with E-state index in [0.717, 1.165) is 24.5 Å². The van der Waals surface area contributed by atoms with E-state index < -0.39 is 0 Å². The molecule has 0 unspecified atom stereocenters. The molecule has 1 amide bonds. The van der Waals surface area contributed by atoms with Crippen LogP contribution in [-0.2, 0) is 17.9 Å². The molecule has 0 saturated heterocycles. The summed E-state index contributed by atoms with van der Waals surface area (Å²) in [4.78, 5) is 11.8. The van der Waals surface area contributed by atoms with Crippen molar-refractivity contribution in [2.24, 2.45) is 5.92 Å². The van der Waals surface area contributed by atoms with Gasteiger partial charge in [0.2, 0.25) is 5.91 Å². The predicted molar refractivity (Wildman–Crippen MR) is 122 cm³/mol. The maximum atomic E-state index is 11.8. The highest BCUT2D eigenvalue weighted by Crippen LogP contribution is 2.30. The Kier molecular flexibility index (Phi) is 5.26. The third-order valence-corrected chi connectivity index (χ3v) is 5.33. The summed E-state index contributed by atoms with van der Waals surface area (Å²) in [5.74, 6) is 0.00614. The topological polar surface area (TPSA) is 46.1 Å². The molecule has 1 heterocycles. The average Bonchev–Trinajstić information content (AvgIpc) is 3.06. The lowest BCUT2D eigenvalue weighted by Gasteiger charge is -2.10. The molecule has 4 nitrogen and oxygen atoms in total. The summed E-state index contributed by atoms with van der Waals surface area (Å²) >= 11 is 0. The summed E-state index contributed by atoms with van der Waals surface area (Å²) in [6.45, 7) is 7.68. The standard InChI is InChI=1S/C25H27N3O/c1-4-28-23-8-6-5-7-21(23)22-15-18(9-14-24(22)28)16-26-19-10-12-20(13-11-19)27-25(29)17(2)3/h5-15,17,26H,4,16H2,1-3H3,(H,27,29). The van der Waals surface area contributed by atoms with Crippen LogP contribution >= 0.6 is 0 Å². The first kappa shape index (κ1) is 19.1. The van der Waals surface area contributed by atoms with Gasteiger partial charge < -0.3 is 15.2 Å². The van der Waals surface area contributed by atoms with Crippen molar-refractivity contribution in [1.82, 2.24) is 4.57 Å². The number of nitrogens with zero attached hydrogens (tertiary/aromatic N) is 1. The van der Waals surface area contributed by atoms with E-state index in [9.17, 15) is 4.79 Å². The lowest BCUT2D eigenvalue weighted by molar-refractivity contribution is -0.118. The van der Waals surface area contributed by atoms with Crippen molar-refractivity contribution in [1.29, 1.82) is 0 Å². The van der Waals surface area contributed by atoms with E-state index in [4.69, 9.17) is 0 Å². The third-order valence-electron chi connectivity index (χ3n) is 5.33. The summed E-state index contributed by atoms with van der Waals surface area (Å²) < 4.78 is 2.37. The monoisotopic (exact) mass is 385 g/mol. The first-order valence-corrected chi connectivity index (χ1v) is 10.2. The SMILES string of the molecule is CCn1c2ccccc2c2cc(CNc3ccc(NC(=O)C(C)C)cc3)ccc21. The van der Waals surface area contributed by atoms with Gasteiger partial charge >= 0.3 is 0 Å². The molecule has 0 saturated carbocycles. The van der Waals surface area contributed by atoms with Crippen molar-refractivity contribution in [3.8, 4) is 0 Å². The number of aromatic nitrogens is 1. The highest BCUT2D eigenvalue weighted by atomic mass is 16.1. The molecule has 29 heavy (non-hydrogen) atoms. The van der Waals surface area contributed by atoms with Crippen LogP contribution in [0.25, 0.3) is 21.8 Å². The van der Waals surface area contributed by atoms with Crippen LogP contribution in [0.1, 0.15) is 26.3 Å². The Labute approximate surface area is 171 Å². The van der Waals surface area contributed by atoms with Crippen LogP contribution in [0, 0.1) is 5.92 Å². The molecule has 4 rings (SSSR count). The molecule has 0 radical (unpaired) electrons. The number of nitrogens with one attached hydrogen (secondary N) is 2. The number of hydrogen-bond donors (Lipinski definition) is 2. The molecule has 1 aromatic heterocycles. The van der Waals surface area contributed by atoms with Crippen LogP contribution in [-0.4, -0.2) is 10.5 Å². The van der Waals surface area contributed by atoms with Gasteiger partial charge in [-0.3, -0.25) is 4.79 Å². The Bertz CT molecular complexity index is 1160. The van der Waals surface area contributed by atoms with Gasteiger partial charge in [-0.05, 0) is 55.0 Å². The zero-order chi connectivity index (χ0) is 20.4. The van der Waals surface area contributed by atoms with E-state index in [-0.39, 0.29) is 11.8 Å². The number of hydrogen-bond acceptors (Lipinski definition) is 2. The van der Waals surface area contributed by atoms with Crippen LogP contribution in [0.5, 0.6) is 0 Å². The van der Waals surface area contributed by atoms with Gasteiger partial charge in [0.1, 0.15) is 0 Å². The molecule has 2 N–H and O–H groups in total. The number of para-hydroxylation sites is 1. The van der Waals surface area contributed by atoms with Crippen molar-refractivity contribution in [3.63, 3.8) is 0 Å². The Hall–Kier alpha value is -3.27. The molecule has 4 heteroatoms. The van der Waals surface area contributed by atoms with E-state index in [1.54, 1.807) is 0 Å². The van der Waals surface area contributed by atoms with Gasteiger partial charge in [-0.1, -0.05) is 38.1 Å². The Morgan fingerprint density at radius 2 is 1.59 bits per heavy atom. The number of benzene rings is 3. The Morgan fingerprint density at radius 3 is 2.31 bits per heavy atom. The molecular formula is C25H27N3O. The number of carbonyl (C=O) groups is 1. The van der Waals surface area contributed by atoms with Gasteiger partial charge in [0.25, 0.3) is 0 Å². The fourth-order valence-electron chi connectivity index (χ4n) is 3.71. The fourth-order valence-corrected chi connectivity index (χ4v) is 3.71. The maximum absolute atomic E-state index is 11.8. The number of aryl methyl sites for hydroxylation is 1. The smallest absolute Gasteiger partial charge is 0.226 e. The van der Waals surface area contributed by atoms with Gasteiger partial charge in [-0.25, -0.2) is 0 Å². The van der Waals surface area contributed by atoms with Crippen LogP contribution in [0.15, 0.2) is 66.7 Å². The number of amides is 1. The quantitative estimate of drug-likeness (QED) is 0.426. The summed E-state index contributed by atoms with van der Waals surface area (Å²) in [6.07, 6.45) is 0. The molecule has 4 aromatic rings. The predicted octanol–water partition coefficient (Wildman–Crippen LogP) is 6.02. The summed E-state index contributed by atoms with van der Waals surface area (Å²) in [5, 5.41) is 9.00. The lowest BCUT2D eigenvalue weighted by Crippen LogP contribution is -2.17. The van der Waals surface area contributed by atoms with Gasteiger partial charge in [0, 0.05) is 52.2 Å². The molecule has 0 aliphatic rings. The highest BCUT2D eigenvalue weighted by Gasteiger charge is 2.10. The maximum Gasteiger partial charge on any atom is 0.226 e. The minimum atomic E-state index is -0.0265. The van der Waals surface area contributed by atoms with Crippen molar-refractivity contribution in [2.75, 3.05) is 10.6 Å². The average molecular weight is 386 g/mol. The van der Waals surface area contributed by atoms with Crippen molar-refractivity contribution >= 4 is 39.1 Å². The number of anilines is 2. The van der Waals surface area contributed by atoms with E-state index in [1.165, 1.54) is 27.4 Å². The summed E-state index contributed by atoms with van der Waals surface area (Å²) in [6, 6.07) is 23.2. The molecule has 0 spiro atoms. The van der Waals surface area contributed by atoms with Gasteiger partial charge in [-0.15, -0.1) is 0 Å². The minimum absolute atomic E-state index is 0.0265. The molecule has 0 aliphatic carbocycles. The Balaban J connectivity index is 1.51. The zero-order valence-corrected chi connectivity index (χ0v) is 17.2. The molecule has 0 fully saturated rings. The molecule has 0 aliphatic heterocycles. The van der Waals surface area contributed by atoms with Crippen molar-refractivity contribution < 1.29 is 4.79 Å².